The number of methoxy groups -OCH3 is 1. The lowest BCUT2D eigenvalue weighted by Crippen LogP contribution is -2.01. The topological polar surface area (TPSA) is 41.5 Å². The highest BCUT2D eigenvalue weighted by molar-refractivity contribution is 9.10. The van der Waals surface area contributed by atoms with Crippen LogP contribution in [0.1, 0.15) is 5.56 Å². The molecule has 0 atom stereocenters. The van der Waals surface area contributed by atoms with Gasteiger partial charge in [0.1, 0.15) is 17.3 Å². The predicted molar refractivity (Wildman–Crippen MR) is 76.1 cm³/mol. The lowest BCUT2D eigenvalue weighted by Gasteiger charge is -2.11. The molecule has 0 aromatic heterocycles. The van der Waals surface area contributed by atoms with Crippen molar-refractivity contribution in [3.05, 3.63) is 52.3 Å². The smallest absolute Gasteiger partial charge is 0.125 e. The number of rotatable bonds is 4. The zero-order valence-electron chi connectivity index (χ0n) is 10.3. The van der Waals surface area contributed by atoms with Crippen LogP contribution >= 0.6 is 15.9 Å². The second-order valence-electron chi connectivity index (χ2n) is 3.97. The van der Waals surface area contributed by atoms with Crippen LogP contribution in [0.15, 0.2) is 40.9 Å². The third kappa shape index (κ3) is 3.38. The van der Waals surface area contributed by atoms with Crippen LogP contribution in [-0.2, 0) is 6.54 Å². The number of nitrogens with one attached hydrogen (secondary N) is 1. The summed E-state index contributed by atoms with van der Waals surface area (Å²) in [5.41, 5.74) is 1.30. The summed E-state index contributed by atoms with van der Waals surface area (Å²) in [6, 6.07) is 9.37. The average Bonchev–Trinajstić information content (AvgIpc) is 2.41. The molecule has 0 aliphatic heterocycles. The van der Waals surface area contributed by atoms with Crippen molar-refractivity contribution in [3.63, 3.8) is 0 Å². The van der Waals surface area contributed by atoms with Crippen molar-refractivity contribution < 1.29 is 14.2 Å². The second kappa shape index (κ2) is 5.93. The van der Waals surface area contributed by atoms with Crippen molar-refractivity contribution in [2.75, 3.05) is 12.4 Å². The van der Waals surface area contributed by atoms with Gasteiger partial charge >= 0.3 is 0 Å². The Kier molecular flexibility index (Phi) is 4.27. The fourth-order valence-electron chi connectivity index (χ4n) is 1.65. The molecule has 0 aliphatic carbocycles. The van der Waals surface area contributed by atoms with Crippen molar-refractivity contribution in [1.29, 1.82) is 0 Å². The monoisotopic (exact) mass is 325 g/mol. The number of ether oxygens (including phenoxy) is 1. The van der Waals surface area contributed by atoms with E-state index in [0.29, 0.717) is 23.5 Å². The molecule has 0 amide bonds. The summed E-state index contributed by atoms with van der Waals surface area (Å²) >= 11 is 3.33. The molecule has 0 radical (unpaired) electrons. The summed E-state index contributed by atoms with van der Waals surface area (Å²) in [6.07, 6.45) is 0. The summed E-state index contributed by atoms with van der Waals surface area (Å²) in [7, 11) is 1.56. The van der Waals surface area contributed by atoms with Crippen molar-refractivity contribution in [2.24, 2.45) is 0 Å². The van der Waals surface area contributed by atoms with Gasteiger partial charge in [0.15, 0.2) is 0 Å². The van der Waals surface area contributed by atoms with Gasteiger partial charge in [-0.1, -0.05) is 0 Å². The minimum atomic E-state index is -0.319. The van der Waals surface area contributed by atoms with Gasteiger partial charge in [0.05, 0.1) is 12.8 Å². The Bertz CT molecular complexity index is 590. The van der Waals surface area contributed by atoms with E-state index < -0.39 is 0 Å². The molecular weight excluding hydrogens is 313 g/mol. The third-order valence-corrected chi connectivity index (χ3v) is 3.38. The van der Waals surface area contributed by atoms with E-state index in [2.05, 4.69) is 21.2 Å². The van der Waals surface area contributed by atoms with Gasteiger partial charge in [0.2, 0.25) is 0 Å². The maximum atomic E-state index is 13.1. The number of halogens is 2. The molecule has 0 unspecified atom stereocenters. The first-order valence-electron chi connectivity index (χ1n) is 5.65. The van der Waals surface area contributed by atoms with E-state index in [1.165, 1.54) is 12.1 Å². The first-order valence-corrected chi connectivity index (χ1v) is 6.44. The van der Waals surface area contributed by atoms with Crippen LogP contribution in [0.2, 0.25) is 0 Å². The van der Waals surface area contributed by atoms with Crippen LogP contribution in [0.25, 0.3) is 0 Å². The Hall–Kier alpha value is -1.75. The minimum Gasteiger partial charge on any atom is -0.508 e. The third-order valence-electron chi connectivity index (χ3n) is 2.68. The van der Waals surface area contributed by atoms with Crippen LogP contribution in [0.5, 0.6) is 11.5 Å². The minimum absolute atomic E-state index is 0.167. The molecule has 19 heavy (non-hydrogen) atoms. The molecule has 2 aromatic rings. The molecule has 3 nitrogen and oxygen atoms in total. The number of phenols is 1. The molecule has 0 bridgehead atoms. The summed E-state index contributed by atoms with van der Waals surface area (Å²) in [4.78, 5) is 0. The molecule has 5 heteroatoms. The van der Waals surface area contributed by atoms with Gasteiger partial charge in [-0.3, -0.25) is 0 Å². The van der Waals surface area contributed by atoms with E-state index in [4.69, 9.17) is 4.74 Å². The van der Waals surface area contributed by atoms with Crippen molar-refractivity contribution >= 4 is 21.6 Å². The first kappa shape index (κ1) is 13.7. The van der Waals surface area contributed by atoms with Gasteiger partial charge in [-0.05, 0) is 52.3 Å². The van der Waals surface area contributed by atoms with Crippen LogP contribution < -0.4 is 10.1 Å². The quantitative estimate of drug-likeness (QED) is 0.895. The Morgan fingerprint density at radius 3 is 2.79 bits per heavy atom. The van der Waals surface area contributed by atoms with Crippen LogP contribution in [0.4, 0.5) is 10.1 Å². The number of anilines is 1. The molecule has 100 valence electrons. The highest BCUT2D eigenvalue weighted by Gasteiger charge is 2.05. The molecular formula is C14H13BrFNO2. The summed E-state index contributed by atoms with van der Waals surface area (Å²) in [5.74, 6) is 0.509. The lowest BCUT2D eigenvalue weighted by atomic mass is 10.2. The van der Waals surface area contributed by atoms with Crippen LogP contribution in [-0.4, -0.2) is 12.2 Å². The van der Waals surface area contributed by atoms with E-state index in [1.807, 2.05) is 0 Å². The SMILES string of the molecule is COc1ccc(O)c(CNc2cc(F)ccc2Br)c1. The Morgan fingerprint density at radius 1 is 1.26 bits per heavy atom. The number of aromatic hydroxyl groups is 1. The fourth-order valence-corrected chi connectivity index (χ4v) is 2.04. The zero-order chi connectivity index (χ0) is 13.8. The largest absolute Gasteiger partial charge is 0.508 e. The van der Waals surface area contributed by atoms with E-state index in [0.717, 1.165) is 4.47 Å². The van der Waals surface area contributed by atoms with Gasteiger partial charge in [-0.15, -0.1) is 0 Å². The summed E-state index contributed by atoms with van der Waals surface area (Å²) in [5, 5.41) is 12.8. The van der Waals surface area contributed by atoms with E-state index in [1.54, 1.807) is 31.4 Å². The lowest BCUT2D eigenvalue weighted by molar-refractivity contribution is 0.411. The average molecular weight is 326 g/mol. The Labute approximate surface area is 119 Å². The standard InChI is InChI=1S/C14H13BrFNO2/c1-19-11-3-5-14(18)9(6-11)8-17-13-7-10(16)2-4-12(13)15/h2-7,17-18H,8H2,1H3. The van der Waals surface area contributed by atoms with Crippen molar-refractivity contribution in [1.82, 2.24) is 0 Å². The normalized spacial score (nSPS) is 10.3. The van der Waals surface area contributed by atoms with E-state index in [9.17, 15) is 9.50 Å². The number of benzene rings is 2. The molecule has 2 N–H and O–H groups in total. The molecule has 2 aromatic carbocycles. The van der Waals surface area contributed by atoms with E-state index >= 15 is 0 Å². The van der Waals surface area contributed by atoms with E-state index in [-0.39, 0.29) is 11.6 Å². The van der Waals surface area contributed by atoms with Crippen LogP contribution in [0, 0.1) is 5.82 Å². The molecule has 0 saturated heterocycles. The molecule has 2 rings (SSSR count). The van der Waals surface area contributed by atoms with Gasteiger partial charge in [0.25, 0.3) is 0 Å². The highest BCUT2D eigenvalue weighted by atomic mass is 79.9. The molecule has 0 spiro atoms. The van der Waals surface area contributed by atoms with Gasteiger partial charge in [-0.25, -0.2) is 4.39 Å². The fraction of sp³-hybridized carbons (Fsp3) is 0.143. The van der Waals surface area contributed by atoms with Crippen molar-refractivity contribution in [2.45, 2.75) is 6.54 Å². The van der Waals surface area contributed by atoms with Crippen LogP contribution in [0.3, 0.4) is 0 Å². The highest BCUT2D eigenvalue weighted by Crippen LogP contribution is 2.27. The molecule has 0 saturated carbocycles. The number of hydrogen-bond donors (Lipinski definition) is 2. The Morgan fingerprint density at radius 2 is 2.05 bits per heavy atom. The van der Waals surface area contributed by atoms with Gasteiger partial charge < -0.3 is 15.2 Å². The molecule has 0 fully saturated rings. The van der Waals surface area contributed by atoms with Crippen molar-refractivity contribution in [3.8, 4) is 11.5 Å². The second-order valence-corrected chi connectivity index (χ2v) is 4.83. The predicted octanol–water partition coefficient (Wildman–Crippen LogP) is 3.91. The summed E-state index contributed by atoms with van der Waals surface area (Å²) < 4.78 is 19.0. The van der Waals surface area contributed by atoms with Gasteiger partial charge in [0, 0.05) is 16.6 Å². The number of hydrogen-bond acceptors (Lipinski definition) is 3. The molecule has 0 aliphatic rings. The summed E-state index contributed by atoms with van der Waals surface area (Å²) in [6.45, 7) is 0.366. The first-order chi connectivity index (χ1) is 9.10. The molecule has 0 heterocycles. The number of phenolic OH excluding ortho intramolecular Hbond substituents is 1. The van der Waals surface area contributed by atoms with Gasteiger partial charge in [-0.2, -0.15) is 0 Å². The zero-order valence-corrected chi connectivity index (χ0v) is 11.9. The maximum absolute atomic E-state index is 13.1. The Balaban J connectivity index is 2.16. The maximum Gasteiger partial charge on any atom is 0.125 e.